The molecule has 7 nitrogen and oxygen atoms in total. The Morgan fingerprint density at radius 3 is 2.50 bits per heavy atom. The number of aliphatic carboxylic acids is 1. The Morgan fingerprint density at radius 2 is 2.05 bits per heavy atom. The van der Waals surface area contributed by atoms with Crippen molar-refractivity contribution in [3.05, 3.63) is 38.3 Å². The number of carbonyl (C=O) groups excluding carboxylic acids is 1. The molecule has 1 atom stereocenters. The maximum absolute atomic E-state index is 12.0. The fourth-order valence-electron chi connectivity index (χ4n) is 1.90. The van der Waals surface area contributed by atoms with Crippen LogP contribution in [-0.2, 0) is 16.0 Å². The molecular formula is C14H17BrN2O5. The molecule has 1 rings (SSSR count). The Morgan fingerprint density at radius 1 is 1.41 bits per heavy atom. The normalized spacial score (nSPS) is 12.0. The summed E-state index contributed by atoms with van der Waals surface area (Å²) in [5.41, 5.74) is 0.469. The van der Waals surface area contributed by atoms with Crippen molar-refractivity contribution in [1.29, 1.82) is 0 Å². The lowest BCUT2D eigenvalue weighted by atomic mass is 10.0. The molecule has 0 unspecified atom stereocenters. The maximum Gasteiger partial charge on any atom is 0.326 e. The molecule has 0 saturated carbocycles. The maximum atomic E-state index is 12.0. The number of halogens is 1. The van der Waals surface area contributed by atoms with Crippen LogP contribution in [0.25, 0.3) is 0 Å². The molecule has 1 aromatic carbocycles. The minimum absolute atomic E-state index is 0.0551. The lowest BCUT2D eigenvalue weighted by Crippen LogP contribution is -2.42. The Bertz CT molecular complexity index is 589. The Labute approximate surface area is 136 Å². The quantitative estimate of drug-likeness (QED) is 0.564. The largest absolute Gasteiger partial charge is 0.480 e. The van der Waals surface area contributed by atoms with E-state index in [1.54, 1.807) is 0 Å². The van der Waals surface area contributed by atoms with Gasteiger partial charge in [-0.05, 0) is 17.9 Å². The van der Waals surface area contributed by atoms with Gasteiger partial charge in [-0.2, -0.15) is 0 Å². The van der Waals surface area contributed by atoms with Gasteiger partial charge in [0.25, 0.3) is 5.69 Å². The Kier molecular flexibility index (Phi) is 6.48. The number of hydrogen-bond donors (Lipinski definition) is 2. The van der Waals surface area contributed by atoms with Crippen LogP contribution in [0.1, 0.15) is 25.8 Å². The third-order valence-corrected chi connectivity index (χ3v) is 3.68. The fourth-order valence-corrected chi connectivity index (χ4v) is 2.41. The van der Waals surface area contributed by atoms with Crippen molar-refractivity contribution in [2.75, 3.05) is 0 Å². The molecule has 22 heavy (non-hydrogen) atoms. The van der Waals surface area contributed by atoms with Gasteiger partial charge in [-0.3, -0.25) is 14.9 Å². The highest BCUT2D eigenvalue weighted by molar-refractivity contribution is 9.10. The fraction of sp³-hybridized carbons (Fsp3) is 0.429. The molecule has 0 aliphatic carbocycles. The first kappa shape index (κ1) is 18.1. The SMILES string of the molecule is CC(C)C[C@@H](NC(=O)Cc1ccc([N+](=O)[O-])cc1Br)C(=O)O. The van der Waals surface area contributed by atoms with Crippen molar-refractivity contribution < 1.29 is 19.6 Å². The summed E-state index contributed by atoms with van der Waals surface area (Å²) < 4.78 is 0.438. The van der Waals surface area contributed by atoms with Crippen LogP contribution in [0.5, 0.6) is 0 Å². The number of nitrogens with zero attached hydrogens (tertiary/aromatic N) is 1. The molecule has 8 heteroatoms. The molecule has 0 spiro atoms. The van der Waals surface area contributed by atoms with Gasteiger partial charge in [0.05, 0.1) is 11.3 Å². The summed E-state index contributed by atoms with van der Waals surface area (Å²) in [4.78, 5) is 33.2. The third-order valence-electron chi connectivity index (χ3n) is 2.94. The van der Waals surface area contributed by atoms with E-state index in [9.17, 15) is 19.7 Å². The van der Waals surface area contributed by atoms with E-state index in [4.69, 9.17) is 5.11 Å². The zero-order valence-corrected chi connectivity index (χ0v) is 13.8. The lowest BCUT2D eigenvalue weighted by molar-refractivity contribution is -0.384. The minimum atomic E-state index is -1.08. The van der Waals surface area contributed by atoms with Gasteiger partial charge in [0.2, 0.25) is 5.91 Å². The van der Waals surface area contributed by atoms with Crippen molar-refractivity contribution in [3.8, 4) is 0 Å². The number of benzene rings is 1. The van der Waals surface area contributed by atoms with Crippen LogP contribution in [0.15, 0.2) is 22.7 Å². The van der Waals surface area contributed by atoms with Gasteiger partial charge in [-0.1, -0.05) is 35.8 Å². The van der Waals surface area contributed by atoms with Gasteiger partial charge in [-0.15, -0.1) is 0 Å². The van der Waals surface area contributed by atoms with E-state index >= 15 is 0 Å². The summed E-state index contributed by atoms with van der Waals surface area (Å²) in [6.45, 7) is 3.74. The number of hydrogen-bond acceptors (Lipinski definition) is 4. The number of carboxylic acid groups (broad SMARTS) is 1. The van der Waals surface area contributed by atoms with Crippen molar-refractivity contribution in [2.45, 2.75) is 32.7 Å². The van der Waals surface area contributed by atoms with Crippen molar-refractivity contribution in [2.24, 2.45) is 5.92 Å². The second kappa shape index (κ2) is 7.88. The number of nitro benzene ring substituents is 1. The van der Waals surface area contributed by atoms with Gasteiger partial charge in [0.15, 0.2) is 0 Å². The molecule has 0 radical (unpaired) electrons. The summed E-state index contributed by atoms with van der Waals surface area (Å²) in [6.07, 6.45) is 0.281. The molecule has 0 aliphatic rings. The summed E-state index contributed by atoms with van der Waals surface area (Å²) in [5, 5.41) is 22.2. The first-order valence-corrected chi connectivity index (χ1v) is 7.45. The molecule has 1 amide bonds. The smallest absolute Gasteiger partial charge is 0.326 e. The second-order valence-electron chi connectivity index (χ2n) is 5.30. The average Bonchev–Trinajstić information content (AvgIpc) is 2.39. The summed E-state index contributed by atoms with van der Waals surface area (Å²) in [5.74, 6) is -1.39. The highest BCUT2D eigenvalue weighted by Gasteiger charge is 2.21. The Balaban J connectivity index is 2.75. The number of nitro groups is 1. The summed E-state index contributed by atoms with van der Waals surface area (Å²) in [6, 6.07) is 3.14. The van der Waals surface area contributed by atoms with Crippen LogP contribution in [0, 0.1) is 16.0 Å². The van der Waals surface area contributed by atoms with E-state index in [-0.39, 0.29) is 18.0 Å². The van der Waals surface area contributed by atoms with E-state index in [1.807, 2.05) is 13.8 Å². The third kappa shape index (κ3) is 5.44. The van der Waals surface area contributed by atoms with Gasteiger partial charge in [0.1, 0.15) is 6.04 Å². The van der Waals surface area contributed by atoms with Gasteiger partial charge < -0.3 is 10.4 Å². The number of carbonyl (C=O) groups is 2. The first-order chi connectivity index (χ1) is 10.2. The molecule has 0 heterocycles. The minimum Gasteiger partial charge on any atom is -0.480 e. The molecule has 0 fully saturated rings. The Hall–Kier alpha value is -1.96. The number of nitrogens with one attached hydrogen (secondary N) is 1. The second-order valence-corrected chi connectivity index (χ2v) is 6.15. The zero-order chi connectivity index (χ0) is 16.9. The summed E-state index contributed by atoms with van der Waals surface area (Å²) >= 11 is 3.18. The number of carboxylic acids is 1. The van der Waals surface area contributed by atoms with Gasteiger partial charge in [0, 0.05) is 16.6 Å². The van der Waals surface area contributed by atoms with Crippen LogP contribution in [0.3, 0.4) is 0 Å². The number of non-ortho nitro benzene ring substituents is 1. The molecule has 0 aromatic heterocycles. The molecule has 2 N–H and O–H groups in total. The molecule has 0 bridgehead atoms. The zero-order valence-electron chi connectivity index (χ0n) is 12.2. The highest BCUT2D eigenvalue weighted by Crippen LogP contribution is 2.23. The molecule has 0 aliphatic heterocycles. The standard InChI is InChI=1S/C14H17BrN2O5/c1-8(2)5-12(14(19)20)16-13(18)6-9-3-4-10(17(21)22)7-11(9)15/h3-4,7-8,12H,5-6H2,1-2H3,(H,16,18)(H,19,20)/t12-/m1/s1. The highest BCUT2D eigenvalue weighted by atomic mass is 79.9. The predicted octanol–water partition coefficient (Wildman–Crippen LogP) is 2.52. The van der Waals surface area contributed by atoms with Crippen LogP contribution >= 0.6 is 15.9 Å². The van der Waals surface area contributed by atoms with Crippen molar-refractivity contribution in [3.63, 3.8) is 0 Å². The van der Waals surface area contributed by atoms with Gasteiger partial charge >= 0.3 is 5.97 Å². The van der Waals surface area contributed by atoms with Crippen molar-refractivity contribution in [1.82, 2.24) is 5.32 Å². The van der Waals surface area contributed by atoms with E-state index < -0.39 is 22.8 Å². The van der Waals surface area contributed by atoms with Gasteiger partial charge in [-0.25, -0.2) is 4.79 Å². The topological polar surface area (TPSA) is 110 Å². The summed E-state index contributed by atoms with van der Waals surface area (Å²) in [7, 11) is 0. The molecule has 1 aromatic rings. The van der Waals surface area contributed by atoms with E-state index in [1.165, 1.54) is 18.2 Å². The predicted molar refractivity (Wildman–Crippen MR) is 83.5 cm³/mol. The first-order valence-electron chi connectivity index (χ1n) is 6.65. The average molecular weight is 373 g/mol. The van der Waals surface area contributed by atoms with Crippen LogP contribution in [-0.4, -0.2) is 27.9 Å². The van der Waals surface area contributed by atoms with E-state index in [2.05, 4.69) is 21.2 Å². The van der Waals surface area contributed by atoms with Crippen LogP contribution in [0.4, 0.5) is 5.69 Å². The van der Waals surface area contributed by atoms with Crippen LogP contribution < -0.4 is 5.32 Å². The van der Waals surface area contributed by atoms with E-state index in [0.717, 1.165) is 0 Å². The van der Waals surface area contributed by atoms with Crippen LogP contribution in [0.2, 0.25) is 0 Å². The number of rotatable bonds is 7. The molecular weight excluding hydrogens is 356 g/mol. The molecule has 120 valence electrons. The number of amides is 1. The van der Waals surface area contributed by atoms with E-state index in [0.29, 0.717) is 16.5 Å². The molecule has 0 saturated heterocycles. The lowest BCUT2D eigenvalue weighted by Gasteiger charge is -2.16. The van der Waals surface area contributed by atoms with Crippen molar-refractivity contribution >= 4 is 33.5 Å². The monoisotopic (exact) mass is 372 g/mol.